The van der Waals surface area contributed by atoms with Gasteiger partial charge in [0.15, 0.2) is 0 Å². The van der Waals surface area contributed by atoms with E-state index in [0.29, 0.717) is 5.56 Å². The van der Waals surface area contributed by atoms with E-state index in [4.69, 9.17) is 0 Å². The quantitative estimate of drug-likeness (QED) is 0.608. The van der Waals surface area contributed by atoms with Gasteiger partial charge in [0.1, 0.15) is 6.42 Å². The van der Waals surface area contributed by atoms with Crippen LogP contribution in [0.4, 0.5) is 13.2 Å². The van der Waals surface area contributed by atoms with Crippen LogP contribution in [0.15, 0.2) is 18.2 Å². The van der Waals surface area contributed by atoms with Crippen molar-refractivity contribution in [2.75, 3.05) is 6.61 Å². The van der Waals surface area contributed by atoms with Crippen LogP contribution < -0.4 is 0 Å². The van der Waals surface area contributed by atoms with Gasteiger partial charge in [0.05, 0.1) is 12.2 Å². The summed E-state index contributed by atoms with van der Waals surface area (Å²) < 4.78 is 42.4. The summed E-state index contributed by atoms with van der Waals surface area (Å²) in [6.45, 7) is 3.48. The Balaban J connectivity index is 2.88. The van der Waals surface area contributed by atoms with Gasteiger partial charge in [-0.2, -0.15) is 13.2 Å². The molecule has 0 aliphatic carbocycles. The van der Waals surface area contributed by atoms with Crippen molar-refractivity contribution in [3.05, 3.63) is 34.9 Å². The molecule has 0 saturated carbocycles. The fourth-order valence-electron chi connectivity index (χ4n) is 1.45. The van der Waals surface area contributed by atoms with Gasteiger partial charge in [0.25, 0.3) is 0 Å². The van der Waals surface area contributed by atoms with Crippen molar-refractivity contribution < 1.29 is 22.7 Å². The smallest absolute Gasteiger partial charge is 0.416 e. The largest absolute Gasteiger partial charge is 0.465 e. The predicted octanol–water partition coefficient (Wildman–Crippen LogP) is 3.32. The summed E-state index contributed by atoms with van der Waals surface area (Å²) in [6, 6.07) is 3.55. The zero-order valence-electron chi connectivity index (χ0n) is 10.6. The summed E-state index contributed by atoms with van der Waals surface area (Å²) in [5.41, 5.74) is -0.0418. The molecule has 2 nitrogen and oxygen atoms in total. The average molecular weight is 270 g/mol. The normalized spacial score (nSPS) is 10.6. The highest BCUT2D eigenvalue weighted by molar-refractivity contribution is 5.72. The fraction of sp³-hybridized carbons (Fsp3) is 0.357. The molecule has 0 amide bonds. The number of benzene rings is 1. The molecule has 0 heterocycles. The van der Waals surface area contributed by atoms with Crippen LogP contribution in [0.25, 0.3) is 0 Å². The topological polar surface area (TPSA) is 26.3 Å². The molecule has 0 saturated heterocycles. The molecule has 0 aromatic heterocycles. The Hall–Kier alpha value is -1.96. The first kappa shape index (κ1) is 15.1. The summed E-state index contributed by atoms with van der Waals surface area (Å²) in [5, 5.41) is 0. The van der Waals surface area contributed by atoms with E-state index in [9.17, 15) is 18.0 Å². The van der Waals surface area contributed by atoms with Crippen molar-refractivity contribution in [3.63, 3.8) is 0 Å². The summed E-state index contributed by atoms with van der Waals surface area (Å²) in [4.78, 5) is 11.0. The van der Waals surface area contributed by atoms with Gasteiger partial charge < -0.3 is 4.74 Å². The molecular formula is C14H13F3O2. The molecule has 0 bridgehead atoms. The van der Waals surface area contributed by atoms with E-state index in [1.807, 2.05) is 0 Å². The van der Waals surface area contributed by atoms with Gasteiger partial charge in [-0.25, -0.2) is 0 Å². The molecule has 0 N–H and O–H groups in total. The molecule has 0 aliphatic rings. The molecule has 5 heteroatoms. The first-order chi connectivity index (χ1) is 8.82. The van der Waals surface area contributed by atoms with Crippen molar-refractivity contribution >= 4 is 5.97 Å². The molecule has 19 heavy (non-hydrogen) atoms. The monoisotopic (exact) mass is 270 g/mol. The van der Waals surface area contributed by atoms with Gasteiger partial charge in [-0.05, 0) is 37.6 Å². The number of esters is 1. The van der Waals surface area contributed by atoms with Gasteiger partial charge in [0.2, 0.25) is 0 Å². The zero-order valence-corrected chi connectivity index (χ0v) is 10.6. The number of ether oxygens (including phenoxy) is 1. The molecule has 0 unspecified atom stereocenters. The molecule has 0 radical (unpaired) electrons. The number of hydrogen-bond acceptors (Lipinski definition) is 2. The summed E-state index contributed by atoms with van der Waals surface area (Å²) in [6.07, 6.45) is -4.53. The first-order valence-corrected chi connectivity index (χ1v) is 5.66. The lowest BCUT2D eigenvalue weighted by molar-refractivity contribution is -0.142. The van der Waals surface area contributed by atoms with E-state index in [-0.39, 0.29) is 18.6 Å². The summed E-state index contributed by atoms with van der Waals surface area (Å²) in [5.74, 6) is 4.55. The summed E-state index contributed by atoms with van der Waals surface area (Å²) >= 11 is 0. The Bertz CT molecular complexity index is 522. The van der Waals surface area contributed by atoms with Crippen LogP contribution >= 0.6 is 0 Å². The van der Waals surface area contributed by atoms with Crippen molar-refractivity contribution in [3.8, 4) is 11.8 Å². The second kappa shape index (κ2) is 6.28. The Morgan fingerprint density at radius 1 is 1.32 bits per heavy atom. The molecule has 0 spiro atoms. The van der Waals surface area contributed by atoms with Crippen LogP contribution in [-0.2, 0) is 15.7 Å². The Labute approximate surface area is 109 Å². The maximum Gasteiger partial charge on any atom is 0.416 e. The molecule has 1 rings (SSSR count). The van der Waals surface area contributed by atoms with E-state index in [1.165, 1.54) is 6.07 Å². The highest BCUT2D eigenvalue weighted by Crippen LogP contribution is 2.30. The highest BCUT2D eigenvalue weighted by atomic mass is 19.4. The Kier molecular flexibility index (Phi) is 4.99. The second-order valence-electron chi connectivity index (χ2n) is 3.87. The number of carbonyl (C=O) groups is 1. The second-order valence-corrected chi connectivity index (χ2v) is 3.87. The van der Waals surface area contributed by atoms with Crippen LogP contribution in [0.5, 0.6) is 0 Å². The average Bonchev–Trinajstić information content (AvgIpc) is 2.27. The minimum absolute atomic E-state index is 0.136. The standard InChI is InChI=1S/C14H13F3O2/c1-3-19-13(18)6-4-5-11-7-10(2)8-12(9-11)14(15,16)17/h7-9H,3,6H2,1-2H3. The maximum absolute atomic E-state index is 12.6. The molecule has 1 aromatic rings. The third-order valence-corrected chi connectivity index (χ3v) is 2.18. The van der Waals surface area contributed by atoms with Crippen LogP contribution in [-0.4, -0.2) is 12.6 Å². The maximum atomic E-state index is 12.6. The number of alkyl halides is 3. The number of aryl methyl sites for hydroxylation is 1. The van der Waals surface area contributed by atoms with Crippen LogP contribution in [0.3, 0.4) is 0 Å². The van der Waals surface area contributed by atoms with E-state index in [2.05, 4.69) is 16.6 Å². The number of hydrogen-bond donors (Lipinski definition) is 0. The van der Waals surface area contributed by atoms with Gasteiger partial charge >= 0.3 is 12.1 Å². The minimum atomic E-state index is -4.40. The SMILES string of the molecule is CCOC(=O)CC#Cc1cc(C)cc(C(F)(F)F)c1. The number of halogens is 3. The lowest BCUT2D eigenvalue weighted by Crippen LogP contribution is -2.05. The van der Waals surface area contributed by atoms with Crippen molar-refractivity contribution in [1.29, 1.82) is 0 Å². The highest BCUT2D eigenvalue weighted by Gasteiger charge is 2.30. The number of carbonyl (C=O) groups excluding carboxylic acids is 1. The third kappa shape index (κ3) is 5.04. The van der Waals surface area contributed by atoms with Crippen molar-refractivity contribution in [2.45, 2.75) is 26.4 Å². The van der Waals surface area contributed by atoms with Gasteiger partial charge in [-0.15, -0.1) is 0 Å². The summed E-state index contributed by atoms with van der Waals surface area (Å²) in [7, 11) is 0. The molecular weight excluding hydrogens is 257 g/mol. The van der Waals surface area contributed by atoms with E-state index in [0.717, 1.165) is 12.1 Å². The molecule has 0 aliphatic heterocycles. The Morgan fingerprint density at radius 3 is 2.58 bits per heavy atom. The van der Waals surface area contributed by atoms with E-state index in [1.54, 1.807) is 13.8 Å². The molecule has 0 fully saturated rings. The lowest BCUT2D eigenvalue weighted by atomic mass is 10.1. The fourth-order valence-corrected chi connectivity index (χ4v) is 1.45. The van der Waals surface area contributed by atoms with Gasteiger partial charge in [-0.1, -0.05) is 11.8 Å². The lowest BCUT2D eigenvalue weighted by Gasteiger charge is -2.07. The molecule has 1 aromatic carbocycles. The van der Waals surface area contributed by atoms with Crippen LogP contribution in [0, 0.1) is 18.8 Å². The predicted molar refractivity (Wildman–Crippen MR) is 64.3 cm³/mol. The first-order valence-electron chi connectivity index (χ1n) is 5.66. The molecule has 0 atom stereocenters. The number of rotatable bonds is 2. The van der Waals surface area contributed by atoms with E-state index >= 15 is 0 Å². The van der Waals surface area contributed by atoms with Crippen LogP contribution in [0.1, 0.15) is 30.0 Å². The van der Waals surface area contributed by atoms with Crippen LogP contribution in [0.2, 0.25) is 0 Å². The zero-order chi connectivity index (χ0) is 14.5. The molecule has 102 valence electrons. The van der Waals surface area contributed by atoms with Gasteiger partial charge in [0, 0.05) is 5.56 Å². The van der Waals surface area contributed by atoms with Crippen molar-refractivity contribution in [1.82, 2.24) is 0 Å². The van der Waals surface area contributed by atoms with E-state index < -0.39 is 17.7 Å². The Morgan fingerprint density at radius 2 is 2.00 bits per heavy atom. The third-order valence-electron chi connectivity index (χ3n) is 2.18. The van der Waals surface area contributed by atoms with Crippen molar-refractivity contribution in [2.24, 2.45) is 0 Å². The minimum Gasteiger partial charge on any atom is -0.465 e. The van der Waals surface area contributed by atoms with Gasteiger partial charge in [-0.3, -0.25) is 4.79 Å².